The van der Waals surface area contributed by atoms with Crippen LogP contribution < -0.4 is 0 Å². The molecule has 0 bridgehead atoms. The van der Waals surface area contributed by atoms with Crippen molar-refractivity contribution in [3.8, 4) is 0 Å². The smallest absolute Gasteiger partial charge is 0.197 e. The molecule has 0 saturated heterocycles. The number of nitrogens with zero attached hydrogens (tertiary/aromatic N) is 3. The summed E-state index contributed by atoms with van der Waals surface area (Å²) in [6.45, 7) is 0.563. The number of H-pyrrole nitrogens is 1. The molecule has 5 heteroatoms. The van der Waals surface area contributed by atoms with E-state index in [9.17, 15) is 0 Å². The van der Waals surface area contributed by atoms with Gasteiger partial charge < -0.3 is 9.72 Å². The van der Waals surface area contributed by atoms with Crippen LogP contribution in [0.25, 0.3) is 16.9 Å². The van der Waals surface area contributed by atoms with Crippen LogP contribution in [0.1, 0.15) is 5.82 Å². The van der Waals surface area contributed by atoms with Gasteiger partial charge in [0.1, 0.15) is 12.1 Å². The molecule has 0 aromatic carbocycles. The Morgan fingerprint density at radius 1 is 1.33 bits per heavy atom. The van der Waals surface area contributed by atoms with Crippen LogP contribution in [0, 0.1) is 0 Å². The van der Waals surface area contributed by atoms with Crippen molar-refractivity contribution in [1.29, 1.82) is 0 Å². The molecule has 5 nitrogen and oxygen atoms in total. The highest BCUT2D eigenvalue weighted by Gasteiger charge is 2.09. The van der Waals surface area contributed by atoms with Gasteiger partial charge in [0.05, 0.1) is 12.5 Å². The Kier molecular flexibility index (Phi) is 1.74. The van der Waals surface area contributed by atoms with Gasteiger partial charge in [-0.15, -0.1) is 0 Å². The maximum absolute atomic E-state index is 5.40. The molecule has 2 aromatic rings. The summed E-state index contributed by atoms with van der Waals surface area (Å²) in [4.78, 5) is 15.5. The highest BCUT2D eigenvalue weighted by atomic mass is 16.5. The van der Waals surface area contributed by atoms with Crippen molar-refractivity contribution < 1.29 is 4.74 Å². The monoisotopic (exact) mass is 200 g/mol. The zero-order chi connectivity index (χ0) is 10.1. The van der Waals surface area contributed by atoms with Crippen LogP contribution >= 0.6 is 0 Å². The van der Waals surface area contributed by atoms with Crippen molar-refractivity contribution in [2.45, 2.75) is 0 Å². The van der Waals surface area contributed by atoms with Gasteiger partial charge in [-0.05, 0) is 12.2 Å². The van der Waals surface area contributed by atoms with E-state index < -0.39 is 0 Å². The van der Waals surface area contributed by atoms with E-state index in [0.29, 0.717) is 23.8 Å². The number of imidazole rings is 1. The summed E-state index contributed by atoms with van der Waals surface area (Å²) >= 11 is 0. The maximum Gasteiger partial charge on any atom is 0.197 e. The van der Waals surface area contributed by atoms with E-state index in [-0.39, 0.29) is 0 Å². The van der Waals surface area contributed by atoms with Crippen LogP contribution in [0.3, 0.4) is 0 Å². The molecule has 15 heavy (non-hydrogen) atoms. The molecule has 3 rings (SSSR count). The highest BCUT2D eigenvalue weighted by molar-refractivity contribution is 5.70. The molecule has 0 unspecified atom stereocenters. The van der Waals surface area contributed by atoms with Gasteiger partial charge >= 0.3 is 0 Å². The summed E-state index contributed by atoms with van der Waals surface area (Å²) in [5.41, 5.74) is 1.48. The topological polar surface area (TPSA) is 63.7 Å². The second-order valence-electron chi connectivity index (χ2n) is 3.10. The molecule has 1 N–H and O–H groups in total. The van der Waals surface area contributed by atoms with Gasteiger partial charge in [-0.25, -0.2) is 15.0 Å². The van der Waals surface area contributed by atoms with Gasteiger partial charge in [0.15, 0.2) is 17.2 Å². The molecule has 0 radical (unpaired) electrons. The van der Waals surface area contributed by atoms with Gasteiger partial charge in [0, 0.05) is 0 Å². The zero-order valence-corrected chi connectivity index (χ0v) is 7.84. The highest BCUT2D eigenvalue weighted by Crippen LogP contribution is 2.16. The van der Waals surface area contributed by atoms with Crippen LogP contribution in [-0.2, 0) is 4.74 Å². The Morgan fingerprint density at radius 2 is 2.33 bits per heavy atom. The molecule has 3 heterocycles. The Bertz CT molecular complexity index is 555. The van der Waals surface area contributed by atoms with Crippen molar-refractivity contribution in [3.63, 3.8) is 0 Å². The third-order valence-electron chi connectivity index (χ3n) is 2.11. The molecule has 2 aromatic heterocycles. The fourth-order valence-electron chi connectivity index (χ4n) is 1.39. The van der Waals surface area contributed by atoms with Crippen molar-refractivity contribution in [2.24, 2.45) is 0 Å². The second-order valence-corrected chi connectivity index (χ2v) is 3.10. The van der Waals surface area contributed by atoms with Gasteiger partial charge in [-0.3, -0.25) is 0 Å². The first-order valence-electron chi connectivity index (χ1n) is 4.59. The summed E-state index contributed by atoms with van der Waals surface area (Å²) in [6, 6.07) is 0. The van der Waals surface area contributed by atoms with E-state index >= 15 is 0 Å². The average molecular weight is 200 g/mol. The third kappa shape index (κ3) is 1.38. The van der Waals surface area contributed by atoms with Gasteiger partial charge in [0.2, 0.25) is 0 Å². The minimum atomic E-state index is 0.563. The lowest BCUT2D eigenvalue weighted by molar-refractivity contribution is 0.313. The van der Waals surface area contributed by atoms with Gasteiger partial charge in [-0.1, -0.05) is 6.08 Å². The maximum atomic E-state index is 5.40. The predicted octanol–water partition coefficient (Wildman–Crippen LogP) is 1.28. The zero-order valence-electron chi connectivity index (χ0n) is 7.84. The molecule has 0 aliphatic carbocycles. The second kappa shape index (κ2) is 3.20. The Morgan fingerprint density at radius 3 is 3.20 bits per heavy atom. The first-order valence-corrected chi connectivity index (χ1v) is 4.59. The standard InChI is InChI=1S/C10H8N4O/c1-2-4-15-8(3-1)10-11-5-7-9(14-10)13-6-12-7/h1-3,5-6H,4H2,(H,11,12,13,14). The van der Waals surface area contributed by atoms with E-state index in [1.54, 1.807) is 12.5 Å². The molecule has 0 saturated carbocycles. The van der Waals surface area contributed by atoms with E-state index in [4.69, 9.17) is 4.74 Å². The van der Waals surface area contributed by atoms with Crippen molar-refractivity contribution in [2.75, 3.05) is 6.61 Å². The largest absolute Gasteiger partial charge is 0.486 e. The van der Waals surface area contributed by atoms with Crippen LogP contribution in [0.2, 0.25) is 0 Å². The summed E-state index contributed by atoms with van der Waals surface area (Å²) < 4.78 is 5.40. The number of nitrogens with one attached hydrogen (secondary N) is 1. The summed E-state index contributed by atoms with van der Waals surface area (Å²) in [7, 11) is 0. The van der Waals surface area contributed by atoms with E-state index in [0.717, 1.165) is 5.52 Å². The van der Waals surface area contributed by atoms with Crippen molar-refractivity contribution >= 4 is 16.9 Å². The third-order valence-corrected chi connectivity index (χ3v) is 2.11. The van der Waals surface area contributed by atoms with E-state index in [2.05, 4.69) is 19.9 Å². The molecular formula is C10H8N4O. The predicted molar refractivity (Wildman–Crippen MR) is 54.8 cm³/mol. The molecule has 0 amide bonds. The molecule has 74 valence electrons. The quantitative estimate of drug-likeness (QED) is 0.753. The molecule has 1 aliphatic heterocycles. The number of rotatable bonds is 1. The van der Waals surface area contributed by atoms with Crippen LogP contribution in [0.4, 0.5) is 0 Å². The fourth-order valence-corrected chi connectivity index (χ4v) is 1.39. The van der Waals surface area contributed by atoms with Crippen LogP contribution in [-0.4, -0.2) is 26.5 Å². The lowest BCUT2D eigenvalue weighted by Gasteiger charge is -2.08. The summed E-state index contributed by atoms with van der Waals surface area (Å²) in [5.74, 6) is 1.25. The number of aromatic nitrogens is 4. The SMILES string of the molecule is C1=CCOC(c2ncc3[nH]cnc3n2)=C1. The first-order chi connectivity index (χ1) is 7.43. The Balaban J connectivity index is 2.10. The number of fused-ring (bicyclic) bond motifs is 1. The van der Waals surface area contributed by atoms with E-state index in [1.807, 2.05) is 18.2 Å². The lowest BCUT2D eigenvalue weighted by Crippen LogP contribution is -2.01. The normalized spacial score (nSPS) is 15.1. The number of hydrogen-bond donors (Lipinski definition) is 1. The van der Waals surface area contributed by atoms with Crippen LogP contribution in [0.15, 0.2) is 30.8 Å². The molecule has 0 fully saturated rings. The van der Waals surface area contributed by atoms with Gasteiger partial charge in [0.25, 0.3) is 0 Å². The number of allylic oxidation sites excluding steroid dienone is 2. The number of ether oxygens (including phenoxy) is 1. The lowest BCUT2D eigenvalue weighted by atomic mass is 10.3. The number of hydrogen-bond acceptors (Lipinski definition) is 4. The Labute approximate surface area is 85.5 Å². The Hall–Kier alpha value is -2.17. The average Bonchev–Trinajstić information content (AvgIpc) is 2.77. The number of aromatic amines is 1. The molecule has 0 atom stereocenters. The van der Waals surface area contributed by atoms with Crippen molar-refractivity contribution in [1.82, 2.24) is 19.9 Å². The van der Waals surface area contributed by atoms with Crippen LogP contribution in [0.5, 0.6) is 0 Å². The first kappa shape index (κ1) is 8.16. The molecule has 0 spiro atoms. The molecule has 1 aliphatic rings. The summed E-state index contributed by atoms with van der Waals surface area (Å²) in [6.07, 6.45) is 9.00. The van der Waals surface area contributed by atoms with Crippen molar-refractivity contribution in [3.05, 3.63) is 36.6 Å². The summed E-state index contributed by atoms with van der Waals surface area (Å²) in [5, 5.41) is 0. The molecular weight excluding hydrogens is 192 g/mol. The minimum absolute atomic E-state index is 0.563. The van der Waals surface area contributed by atoms with E-state index in [1.165, 1.54) is 0 Å². The minimum Gasteiger partial charge on any atom is -0.486 e. The fraction of sp³-hybridized carbons (Fsp3) is 0.100. The van der Waals surface area contributed by atoms with Gasteiger partial charge in [-0.2, -0.15) is 0 Å².